The minimum atomic E-state index is -0.233. The molecular formula is C22H18N2O2. The summed E-state index contributed by atoms with van der Waals surface area (Å²) in [7, 11) is 0. The van der Waals surface area contributed by atoms with Crippen molar-refractivity contribution in [1.82, 2.24) is 0 Å². The van der Waals surface area contributed by atoms with E-state index in [4.69, 9.17) is 0 Å². The van der Waals surface area contributed by atoms with Crippen LogP contribution in [-0.4, -0.2) is 11.8 Å². The highest BCUT2D eigenvalue weighted by Crippen LogP contribution is 2.39. The number of amides is 2. The van der Waals surface area contributed by atoms with Crippen molar-refractivity contribution < 1.29 is 9.59 Å². The molecule has 0 atom stereocenters. The number of fused-ring (bicyclic) bond motifs is 5. The molecule has 0 fully saturated rings. The Kier molecular flexibility index (Phi) is 3.81. The first-order valence-corrected chi connectivity index (χ1v) is 8.47. The molecule has 0 radical (unpaired) electrons. The average Bonchev–Trinajstić information content (AvgIpc) is 2.64. The van der Waals surface area contributed by atoms with E-state index in [-0.39, 0.29) is 11.8 Å². The minimum absolute atomic E-state index is 0.233. The monoisotopic (exact) mass is 342 g/mol. The molecule has 0 spiro atoms. The van der Waals surface area contributed by atoms with Gasteiger partial charge in [-0.1, -0.05) is 30.3 Å². The van der Waals surface area contributed by atoms with Crippen LogP contribution >= 0.6 is 0 Å². The molecule has 0 saturated heterocycles. The number of benzene rings is 3. The molecular weight excluding hydrogens is 324 g/mol. The van der Waals surface area contributed by atoms with Gasteiger partial charge in [0.2, 0.25) is 0 Å². The molecule has 26 heavy (non-hydrogen) atoms. The van der Waals surface area contributed by atoms with Crippen molar-refractivity contribution >= 4 is 23.2 Å². The molecule has 1 aliphatic heterocycles. The van der Waals surface area contributed by atoms with Crippen LogP contribution in [0, 0.1) is 13.8 Å². The van der Waals surface area contributed by atoms with Crippen LogP contribution in [0.5, 0.6) is 0 Å². The Morgan fingerprint density at radius 1 is 0.615 bits per heavy atom. The lowest BCUT2D eigenvalue weighted by Crippen LogP contribution is -2.14. The number of nitrogens with one attached hydrogen (secondary N) is 2. The van der Waals surface area contributed by atoms with Crippen molar-refractivity contribution in [1.29, 1.82) is 0 Å². The predicted octanol–water partition coefficient (Wildman–Crippen LogP) is 4.79. The molecule has 2 N–H and O–H groups in total. The van der Waals surface area contributed by atoms with Crippen LogP contribution in [0.2, 0.25) is 0 Å². The third-order valence-corrected chi connectivity index (χ3v) is 4.68. The Morgan fingerprint density at radius 3 is 1.50 bits per heavy atom. The van der Waals surface area contributed by atoms with Crippen molar-refractivity contribution in [2.24, 2.45) is 0 Å². The summed E-state index contributed by atoms with van der Waals surface area (Å²) in [5.41, 5.74) is 6.25. The second-order valence-electron chi connectivity index (χ2n) is 6.48. The summed E-state index contributed by atoms with van der Waals surface area (Å²) in [5.74, 6) is -0.466. The summed E-state index contributed by atoms with van der Waals surface area (Å²) < 4.78 is 0. The van der Waals surface area contributed by atoms with Crippen molar-refractivity contribution in [2.75, 3.05) is 10.6 Å². The van der Waals surface area contributed by atoms with Gasteiger partial charge in [-0.3, -0.25) is 9.59 Å². The Bertz CT molecular complexity index is 973. The summed E-state index contributed by atoms with van der Waals surface area (Å²) in [5, 5.41) is 6.02. The number of hydrogen-bond acceptors (Lipinski definition) is 2. The van der Waals surface area contributed by atoms with E-state index in [1.165, 1.54) is 0 Å². The van der Waals surface area contributed by atoms with Crippen molar-refractivity contribution in [3.05, 3.63) is 82.9 Å². The van der Waals surface area contributed by atoms with Gasteiger partial charge in [0, 0.05) is 33.6 Å². The third kappa shape index (κ3) is 2.65. The minimum Gasteiger partial charge on any atom is -0.321 e. The maximum Gasteiger partial charge on any atom is 0.255 e. The maximum absolute atomic E-state index is 12.7. The number of aryl methyl sites for hydroxylation is 2. The number of carbonyl (C=O) groups is 2. The van der Waals surface area contributed by atoms with Gasteiger partial charge in [-0.05, 0) is 55.3 Å². The summed E-state index contributed by atoms with van der Waals surface area (Å²) in [6.45, 7) is 4.01. The van der Waals surface area contributed by atoms with Crippen LogP contribution in [0.4, 0.5) is 11.4 Å². The summed E-state index contributed by atoms with van der Waals surface area (Å²) >= 11 is 0. The zero-order valence-corrected chi connectivity index (χ0v) is 14.6. The fourth-order valence-corrected chi connectivity index (χ4v) is 3.40. The SMILES string of the molecule is Cc1cccc2c1-c1c(C)cccc1NC(=O)c1cccc(c1)C(=O)N2. The van der Waals surface area contributed by atoms with Gasteiger partial charge in [0.1, 0.15) is 0 Å². The number of anilines is 2. The van der Waals surface area contributed by atoms with Gasteiger partial charge in [-0.2, -0.15) is 0 Å². The van der Waals surface area contributed by atoms with E-state index in [9.17, 15) is 9.59 Å². The normalized spacial score (nSPS) is 13.0. The fraction of sp³-hybridized carbons (Fsp3) is 0.0909. The van der Waals surface area contributed by atoms with Gasteiger partial charge in [0.25, 0.3) is 11.8 Å². The van der Waals surface area contributed by atoms with Crippen LogP contribution < -0.4 is 10.6 Å². The zero-order chi connectivity index (χ0) is 18.3. The lowest BCUT2D eigenvalue weighted by atomic mass is 9.93. The second kappa shape index (κ2) is 6.15. The molecule has 0 aliphatic carbocycles. The Balaban J connectivity index is 2.04. The highest BCUT2D eigenvalue weighted by Gasteiger charge is 2.20. The van der Waals surface area contributed by atoms with Gasteiger partial charge >= 0.3 is 0 Å². The highest BCUT2D eigenvalue weighted by molar-refractivity contribution is 6.12. The third-order valence-electron chi connectivity index (χ3n) is 4.68. The topological polar surface area (TPSA) is 58.2 Å². The largest absolute Gasteiger partial charge is 0.321 e. The number of hydrogen-bond donors (Lipinski definition) is 2. The molecule has 4 nitrogen and oxygen atoms in total. The van der Waals surface area contributed by atoms with Crippen molar-refractivity contribution in [2.45, 2.75) is 13.8 Å². The molecule has 4 heteroatoms. The van der Waals surface area contributed by atoms with E-state index in [0.29, 0.717) is 11.1 Å². The van der Waals surface area contributed by atoms with Crippen molar-refractivity contribution in [3.8, 4) is 11.1 Å². The van der Waals surface area contributed by atoms with Crippen LogP contribution in [-0.2, 0) is 0 Å². The molecule has 0 saturated carbocycles. The van der Waals surface area contributed by atoms with E-state index >= 15 is 0 Å². The molecule has 1 heterocycles. The average molecular weight is 342 g/mol. The highest BCUT2D eigenvalue weighted by atomic mass is 16.2. The van der Waals surface area contributed by atoms with Crippen LogP contribution in [0.15, 0.2) is 60.7 Å². The molecule has 3 aromatic carbocycles. The molecule has 4 rings (SSSR count). The number of rotatable bonds is 0. The lowest BCUT2D eigenvalue weighted by Gasteiger charge is -2.19. The zero-order valence-electron chi connectivity index (χ0n) is 14.6. The Labute approximate surface area is 151 Å². The van der Waals surface area contributed by atoms with E-state index in [1.807, 2.05) is 50.2 Å². The molecule has 0 aromatic heterocycles. The smallest absolute Gasteiger partial charge is 0.255 e. The van der Waals surface area contributed by atoms with Gasteiger partial charge in [0.15, 0.2) is 0 Å². The van der Waals surface area contributed by atoms with Crippen LogP contribution in [0.1, 0.15) is 31.8 Å². The molecule has 2 bridgehead atoms. The first kappa shape index (κ1) is 16.1. The molecule has 2 amide bonds. The lowest BCUT2D eigenvalue weighted by molar-refractivity contribution is 0.102. The Morgan fingerprint density at radius 2 is 1.04 bits per heavy atom. The summed E-state index contributed by atoms with van der Waals surface area (Å²) in [6, 6.07) is 18.4. The predicted molar refractivity (Wildman–Crippen MR) is 104 cm³/mol. The summed E-state index contributed by atoms with van der Waals surface area (Å²) in [6.07, 6.45) is 0. The van der Waals surface area contributed by atoms with Gasteiger partial charge < -0.3 is 10.6 Å². The summed E-state index contributed by atoms with van der Waals surface area (Å²) in [4.78, 5) is 25.5. The van der Waals surface area contributed by atoms with E-state index in [1.54, 1.807) is 24.3 Å². The van der Waals surface area contributed by atoms with Gasteiger partial charge in [0.05, 0.1) is 0 Å². The quantitative estimate of drug-likeness (QED) is 0.617. The standard InChI is InChI=1S/C22H18N2O2/c1-13-6-3-10-17-19(13)20-14(2)7-4-11-18(20)24-22(26)16-9-5-8-15(12-16)21(25)23-17/h3-12H,1-2H3,(H,23,25)(H,24,26). The Hall–Kier alpha value is -3.40. The van der Waals surface area contributed by atoms with E-state index < -0.39 is 0 Å². The van der Waals surface area contributed by atoms with Crippen LogP contribution in [0.3, 0.4) is 0 Å². The van der Waals surface area contributed by atoms with Gasteiger partial charge in [-0.25, -0.2) is 0 Å². The first-order valence-electron chi connectivity index (χ1n) is 8.47. The molecule has 3 aromatic rings. The molecule has 1 aliphatic rings. The molecule has 128 valence electrons. The van der Waals surface area contributed by atoms with Gasteiger partial charge in [-0.15, -0.1) is 0 Å². The van der Waals surface area contributed by atoms with Crippen LogP contribution in [0.25, 0.3) is 11.1 Å². The molecule has 0 unspecified atom stereocenters. The first-order chi connectivity index (χ1) is 12.5. The van der Waals surface area contributed by atoms with Crippen molar-refractivity contribution in [3.63, 3.8) is 0 Å². The van der Waals surface area contributed by atoms with E-state index in [2.05, 4.69) is 10.6 Å². The fourth-order valence-electron chi connectivity index (χ4n) is 3.40. The number of carbonyl (C=O) groups excluding carboxylic acids is 2. The second-order valence-corrected chi connectivity index (χ2v) is 6.48. The maximum atomic E-state index is 12.7. The van der Waals surface area contributed by atoms with E-state index in [0.717, 1.165) is 33.6 Å².